The van der Waals surface area contributed by atoms with Crippen molar-refractivity contribution in [2.75, 3.05) is 5.75 Å². The van der Waals surface area contributed by atoms with E-state index >= 15 is 0 Å². The molecule has 0 bridgehead atoms. The van der Waals surface area contributed by atoms with E-state index in [1.807, 2.05) is 5.92 Å². The molecule has 15 heavy (non-hydrogen) atoms. The number of sulfone groups is 1. The summed E-state index contributed by atoms with van der Waals surface area (Å²) in [6, 6.07) is 4.01. The van der Waals surface area contributed by atoms with Crippen molar-refractivity contribution in [2.24, 2.45) is 0 Å². The first kappa shape index (κ1) is 12.0. The Labute approximate surface area is 93.0 Å². The van der Waals surface area contributed by atoms with Crippen molar-refractivity contribution in [3.63, 3.8) is 0 Å². The third-order valence-corrected chi connectivity index (χ3v) is 3.42. The molecule has 0 amide bonds. The Balaban J connectivity index is 3.06. The zero-order chi connectivity index (χ0) is 11.5. The molecule has 1 aromatic carbocycles. The third kappa shape index (κ3) is 3.22. The van der Waals surface area contributed by atoms with Crippen LogP contribution in [0.15, 0.2) is 18.2 Å². The molecule has 2 nitrogen and oxygen atoms in total. The van der Waals surface area contributed by atoms with Gasteiger partial charge in [-0.25, -0.2) is 12.8 Å². The Morgan fingerprint density at radius 2 is 2.13 bits per heavy atom. The minimum atomic E-state index is -3.49. The summed E-state index contributed by atoms with van der Waals surface area (Å²) in [4.78, 5) is 0. The fourth-order valence-electron chi connectivity index (χ4n) is 1.07. The van der Waals surface area contributed by atoms with Gasteiger partial charge in [0.05, 0.1) is 5.75 Å². The van der Waals surface area contributed by atoms with Gasteiger partial charge in [-0.05, 0) is 12.1 Å². The molecule has 80 valence electrons. The van der Waals surface area contributed by atoms with Gasteiger partial charge in [-0.2, -0.15) is 0 Å². The van der Waals surface area contributed by atoms with E-state index in [-0.39, 0.29) is 10.6 Å². The van der Waals surface area contributed by atoms with E-state index in [1.165, 1.54) is 12.1 Å². The van der Waals surface area contributed by atoms with Gasteiger partial charge in [-0.15, -0.1) is 6.42 Å². The average molecular weight is 247 g/mol. The van der Waals surface area contributed by atoms with Crippen LogP contribution in [0.25, 0.3) is 0 Å². The van der Waals surface area contributed by atoms with Gasteiger partial charge in [0.25, 0.3) is 0 Å². The van der Waals surface area contributed by atoms with Gasteiger partial charge in [-0.3, -0.25) is 0 Å². The monoisotopic (exact) mass is 246 g/mol. The van der Waals surface area contributed by atoms with Crippen molar-refractivity contribution in [1.82, 2.24) is 0 Å². The number of terminal acetylenes is 1. The standard InChI is InChI=1S/C10H8ClFO2S/c1-2-6-15(13,14)7-8-9(11)4-3-5-10(8)12/h1,3-5H,6-7H2. The highest BCUT2D eigenvalue weighted by molar-refractivity contribution is 7.90. The summed E-state index contributed by atoms with van der Waals surface area (Å²) in [7, 11) is -3.49. The van der Waals surface area contributed by atoms with Crippen LogP contribution in [-0.4, -0.2) is 14.2 Å². The largest absolute Gasteiger partial charge is 0.227 e. The van der Waals surface area contributed by atoms with Gasteiger partial charge < -0.3 is 0 Å². The third-order valence-electron chi connectivity index (χ3n) is 1.73. The van der Waals surface area contributed by atoms with Gasteiger partial charge in [0.15, 0.2) is 9.84 Å². The average Bonchev–Trinajstić information content (AvgIpc) is 2.11. The van der Waals surface area contributed by atoms with Crippen LogP contribution in [0.4, 0.5) is 4.39 Å². The van der Waals surface area contributed by atoms with E-state index in [0.717, 1.165) is 6.07 Å². The molecule has 0 aliphatic carbocycles. The summed E-state index contributed by atoms with van der Waals surface area (Å²) in [5, 5.41) is 0.0931. The van der Waals surface area contributed by atoms with Crippen molar-refractivity contribution in [2.45, 2.75) is 5.75 Å². The molecule has 0 unspecified atom stereocenters. The molecular weight excluding hydrogens is 239 g/mol. The van der Waals surface area contributed by atoms with Crippen LogP contribution in [0.1, 0.15) is 5.56 Å². The van der Waals surface area contributed by atoms with Crippen LogP contribution in [0.5, 0.6) is 0 Å². The Morgan fingerprint density at radius 1 is 1.47 bits per heavy atom. The molecule has 0 atom stereocenters. The normalized spacial score (nSPS) is 11.0. The molecule has 0 aromatic heterocycles. The first-order valence-electron chi connectivity index (χ1n) is 4.03. The maximum atomic E-state index is 13.2. The Kier molecular flexibility index (Phi) is 3.72. The predicted molar refractivity (Wildman–Crippen MR) is 57.7 cm³/mol. The van der Waals surface area contributed by atoms with Crippen molar-refractivity contribution in [3.8, 4) is 12.3 Å². The summed E-state index contributed by atoms with van der Waals surface area (Å²) in [5.41, 5.74) is -0.0329. The Hall–Kier alpha value is -1.05. The van der Waals surface area contributed by atoms with E-state index < -0.39 is 27.2 Å². The van der Waals surface area contributed by atoms with Crippen molar-refractivity contribution in [1.29, 1.82) is 0 Å². The van der Waals surface area contributed by atoms with Crippen LogP contribution in [-0.2, 0) is 15.6 Å². The van der Waals surface area contributed by atoms with E-state index in [4.69, 9.17) is 18.0 Å². The van der Waals surface area contributed by atoms with E-state index in [2.05, 4.69) is 0 Å². The van der Waals surface area contributed by atoms with Gasteiger partial charge in [0.1, 0.15) is 11.6 Å². The van der Waals surface area contributed by atoms with E-state index in [1.54, 1.807) is 0 Å². The summed E-state index contributed by atoms with van der Waals surface area (Å²) in [6.07, 6.45) is 4.89. The maximum absolute atomic E-state index is 13.2. The van der Waals surface area contributed by atoms with Crippen molar-refractivity contribution >= 4 is 21.4 Å². The number of benzene rings is 1. The molecular formula is C10H8ClFO2S. The summed E-state index contributed by atoms with van der Waals surface area (Å²) >= 11 is 5.68. The second-order valence-corrected chi connectivity index (χ2v) is 5.41. The van der Waals surface area contributed by atoms with Gasteiger partial charge >= 0.3 is 0 Å². The zero-order valence-corrected chi connectivity index (χ0v) is 9.28. The number of hydrogen-bond acceptors (Lipinski definition) is 2. The summed E-state index contributed by atoms with van der Waals surface area (Å²) in [6.45, 7) is 0. The minimum absolute atomic E-state index is 0.0329. The number of hydrogen-bond donors (Lipinski definition) is 0. The molecule has 0 spiro atoms. The molecule has 1 aromatic rings. The fourth-order valence-corrected chi connectivity index (χ4v) is 2.47. The second-order valence-electron chi connectivity index (χ2n) is 2.94. The smallest absolute Gasteiger partial charge is 0.165 e. The summed E-state index contributed by atoms with van der Waals surface area (Å²) in [5.74, 6) is 0.489. The molecule has 0 radical (unpaired) electrons. The fraction of sp³-hybridized carbons (Fsp3) is 0.200. The van der Waals surface area contributed by atoms with E-state index in [0.29, 0.717) is 0 Å². The topological polar surface area (TPSA) is 34.1 Å². The number of halogens is 2. The predicted octanol–water partition coefficient (Wildman–Crippen LogP) is 2.03. The molecule has 1 rings (SSSR count). The second kappa shape index (κ2) is 4.65. The highest BCUT2D eigenvalue weighted by Crippen LogP contribution is 2.21. The lowest BCUT2D eigenvalue weighted by Crippen LogP contribution is -2.09. The zero-order valence-electron chi connectivity index (χ0n) is 7.70. The van der Waals surface area contributed by atoms with Crippen LogP contribution in [0.3, 0.4) is 0 Å². The highest BCUT2D eigenvalue weighted by Gasteiger charge is 2.16. The molecule has 0 fully saturated rings. The molecule has 0 N–H and O–H groups in total. The van der Waals surface area contributed by atoms with Crippen LogP contribution < -0.4 is 0 Å². The van der Waals surface area contributed by atoms with Crippen molar-refractivity contribution in [3.05, 3.63) is 34.6 Å². The Morgan fingerprint density at radius 3 is 2.67 bits per heavy atom. The molecule has 0 aliphatic rings. The molecule has 5 heteroatoms. The van der Waals surface area contributed by atoms with Gasteiger partial charge in [0, 0.05) is 10.6 Å². The van der Waals surface area contributed by atoms with Crippen LogP contribution >= 0.6 is 11.6 Å². The summed E-state index contributed by atoms with van der Waals surface area (Å²) < 4.78 is 35.9. The highest BCUT2D eigenvalue weighted by atomic mass is 35.5. The quantitative estimate of drug-likeness (QED) is 0.765. The molecule has 0 saturated carbocycles. The first-order valence-corrected chi connectivity index (χ1v) is 6.23. The minimum Gasteiger partial charge on any atom is -0.227 e. The SMILES string of the molecule is C#CCS(=O)(=O)Cc1c(F)cccc1Cl. The lowest BCUT2D eigenvalue weighted by atomic mass is 10.2. The van der Waals surface area contributed by atoms with Crippen LogP contribution in [0.2, 0.25) is 5.02 Å². The van der Waals surface area contributed by atoms with Gasteiger partial charge in [-0.1, -0.05) is 23.6 Å². The lowest BCUT2D eigenvalue weighted by Gasteiger charge is -2.04. The lowest BCUT2D eigenvalue weighted by molar-refractivity contribution is 0.590. The molecule has 0 saturated heterocycles. The molecule has 0 heterocycles. The van der Waals surface area contributed by atoms with E-state index in [9.17, 15) is 12.8 Å². The number of rotatable bonds is 3. The van der Waals surface area contributed by atoms with Crippen LogP contribution in [0, 0.1) is 18.2 Å². The molecule has 0 aliphatic heterocycles. The maximum Gasteiger partial charge on any atom is 0.165 e. The Bertz CT molecular complexity index is 482. The van der Waals surface area contributed by atoms with Crippen molar-refractivity contribution < 1.29 is 12.8 Å². The van der Waals surface area contributed by atoms with Gasteiger partial charge in [0.2, 0.25) is 0 Å². The first-order chi connectivity index (χ1) is 6.96.